The molecule has 0 aromatic rings. The maximum absolute atomic E-state index is 14.4. The number of carbonyl (C=O) groups is 2. The summed E-state index contributed by atoms with van der Waals surface area (Å²) in [5, 5.41) is 44.0. The number of hydrogen-bond donors (Lipinski definition) is 4. The fraction of sp³-hybridized carbons (Fsp3) is 0.905. The summed E-state index contributed by atoms with van der Waals surface area (Å²) in [4.78, 5) is 26.4. The first kappa shape index (κ1) is 42.7. The number of Topliss-reactive ketones (excluding diaryl/α,β-unsaturated/α-hetero) is 1. The van der Waals surface area contributed by atoms with E-state index in [0.29, 0.717) is 57.8 Å². The molecule has 304 valence electrons. The van der Waals surface area contributed by atoms with Gasteiger partial charge >= 0.3 is 5.97 Å². The van der Waals surface area contributed by atoms with Gasteiger partial charge in [0.1, 0.15) is 11.9 Å². The summed E-state index contributed by atoms with van der Waals surface area (Å²) in [7, 11) is 0. The molecule has 11 nitrogen and oxygen atoms in total. The minimum Gasteiger partial charge on any atom is -0.481 e. The number of ether oxygens (including phenoxy) is 5. The van der Waals surface area contributed by atoms with Crippen LogP contribution < -0.4 is 0 Å². The van der Waals surface area contributed by atoms with Gasteiger partial charge in [0.15, 0.2) is 5.79 Å². The normalized spacial score (nSPS) is 46.2. The standard InChI is InChI=1S/C42H70O11/c1-11-29(38(46)47)31-15-14-23(4)36(50-31)27(8)34(44)26(7)35(45)30(12-2)37-24(5)22-25(6)41(51-37)19-16-32(43)42(53-41)21-20-39(10,52-42)33-17-18-40(48,13-3)28(9)49-33/h16,19,23-34,36-37,43-44,48H,11-15,17-18,20-22H2,1-10H3,(H,46,47)/t23-,24-,25+,26-,27-,28-,29+,30-,31+,32-,33+,34+,36+,37-,39-,40+,41-,42-/m0/s1. The van der Waals surface area contributed by atoms with Crippen LogP contribution in [0.4, 0.5) is 0 Å². The molecule has 18 atom stereocenters. The van der Waals surface area contributed by atoms with Gasteiger partial charge in [-0.15, -0.1) is 0 Å². The number of carboxylic acid groups (broad SMARTS) is 1. The molecule has 0 aromatic carbocycles. The van der Waals surface area contributed by atoms with Crippen LogP contribution in [0.15, 0.2) is 12.2 Å². The highest BCUT2D eigenvalue weighted by Gasteiger charge is 2.63. The van der Waals surface area contributed by atoms with Gasteiger partial charge in [0, 0.05) is 30.1 Å². The van der Waals surface area contributed by atoms with Gasteiger partial charge < -0.3 is 44.1 Å². The van der Waals surface area contributed by atoms with Gasteiger partial charge in [-0.3, -0.25) is 9.59 Å². The van der Waals surface area contributed by atoms with Crippen LogP contribution in [0.2, 0.25) is 0 Å². The third-order valence-corrected chi connectivity index (χ3v) is 14.4. The lowest BCUT2D eigenvalue weighted by Gasteiger charge is -2.54. The summed E-state index contributed by atoms with van der Waals surface area (Å²) in [6.07, 6.45) is 5.51. The molecule has 0 amide bonds. The van der Waals surface area contributed by atoms with E-state index in [1.165, 1.54) is 0 Å². The lowest BCUT2D eigenvalue weighted by atomic mass is 9.72. The molecule has 0 unspecified atom stereocenters. The zero-order valence-electron chi connectivity index (χ0n) is 34.0. The van der Waals surface area contributed by atoms with Gasteiger partial charge in [0.25, 0.3) is 0 Å². The van der Waals surface area contributed by atoms with Crippen LogP contribution in [-0.4, -0.2) is 97.7 Å². The van der Waals surface area contributed by atoms with Crippen molar-refractivity contribution in [2.75, 3.05) is 0 Å². The van der Waals surface area contributed by atoms with Crippen LogP contribution >= 0.6 is 0 Å². The third kappa shape index (κ3) is 7.94. The van der Waals surface area contributed by atoms with Crippen molar-refractivity contribution in [3.05, 3.63) is 12.2 Å². The highest BCUT2D eigenvalue weighted by atomic mass is 16.8. The number of rotatable bonds is 12. The van der Waals surface area contributed by atoms with E-state index in [1.807, 2.05) is 41.5 Å². The van der Waals surface area contributed by atoms with Crippen molar-refractivity contribution in [1.82, 2.24) is 0 Å². The number of carboxylic acids is 1. The van der Waals surface area contributed by atoms with Crippen LogP contribution in [0.5, 0.6) is 0 Å². The van der Waals surface area contributed by atoms with E-state index in [1.54, 1.807) is 19.1 Å². The molecule has 0 radical (unpaired) electrons. The van der Waals surface area contributed by atoms with E-state index in [4.69, 9.17) is 23.7 Å². The predicted octanol–water partition coefficient (Wildman–Crippen LogP) is 6.19. The predicted molar refractivity (Wildman–Crippen MR) is 199 cm³/mol. The molecule has 0 aliphatic carbocycles. The molecule has 2 spiro atoms. The Morgan fingerprint density at radius 3 is 2.17 bits per heavy atom. The average Bonchev–Trinajstić information content (AvgIpc) is 3.47. The quantitative estimate of drug-likeness (QED) is 0.169. The zero-order chi connectivity index (χ0) is 39.3. The van der Waals surface area contributed by atoms with Gasteiger partial charge in [0.05, 0.1) is 53.7 Å². The number of carbonyl (C=O) groups excluding carboxylic acids is 1. The Hall–Kier alpha value is -1.44. The van der Waals surface area contributed by atoms with Gasteiger partial charge in [-0.25, -0.2) is 0 Å². The molecule has 5 aliphatic rings. The molecule has 5 rings (SSSR count). The molecule has 0 saturated carbocycles. The number of aliphatic hydroxyl groups is 3. The molecule has 0 bridgehead atoms. The van der Waals surface area contributed by atoms with Crippen LogP contribution in [0.25, 0.3) is 0 Å². The fourth-order valence-electron chi connectivity index (χ4n) is 10.5. The van der Waals surface area contributed by atoms with Crippen molar-refractivity contribution < 1.29 is 53.7 Å². The molecular weight excluding hydrogens is 680 g/mol. The van der Waals surface area contributed by atoms with Gasteiger partial charge in [-0.05, 0) is 95.6 Å². The van der Waals surface area contributed by atoms with E-state index in [-0.39, 0.29) is 41.8 Å². The monoisotopic (exact) mass is 750 g/mol. The molecule has 4 N–H and O–H groups in total. The largest absolute Gasteiger partial charge is 0.481 e. The Bertz CT molecular complexity index is 1320. The maximum atomic E-state index is 14.4. The molecule has 53 heavy (non-hydrogen) atoms. The topological polar surface area (TPSA) is 161 Å². The molecule has 5 heterocycles. The van der Waals surface area contributed by atoms with Crippen LogP contribution in [0, 0.1) is 41.4 Å². The second-order valence-electron chi connectivity index (χ2n) is 17.9. The minimum atomic E-state index is -1.37. The van der Waals surface area contributed by atoms with Crippen molar-refractivity contribution in [3.63, 3.8) is 0 Å². The van der Waals surface area contributed by atoms with E-state index in [9.17, 15) is 30.0 Å². The summed E-state index contributed by atoms with van der Waals surface area (Å²) < 4.78 is 33.5. The second kappa shape index (κ2) is 16.2. The molecule has 0 aromatic heterocycles. The van der Waals surface area contributed by atoms with E-state index >= 15 is 0 Å². The van der Waals surface area contributed by atoms with Crippen molar-refractivity contribution in [1.29, 1.82) is 0 Å². The first-order valence-corrected chi connectivity index (χ1v) is 20.7. The second-order valence-corrected chi connectivity index (χ2v) is 17.9. The Morgan fingerprint density at radius 2 is 1.57 bits per heavy atom. The highest BCUT2D eigenvalue weighted by Crippen LogP contribution is 2.54. The Balaban J connectivity index is 1.31. The summed E-state index contributed by atoms with van der Waals surface area (Å²) in [6.45, 7) is 19.6. The molecular formula is C42H70O11. The average molecular weight is 751 g/mol. The molecule has 4 saturated heterocycles. The van der Waals surface area contributed by atoms with Crippen LogP contribution in [0.1, 0.15) is 133 Å². The summed E-state index contributed by atoms with van der Waals surface area (Å²) in [5.41, 5.74) is -1.63. The summed E-state index contributed by atoms with van der Waals surface area (Å²) >= 11 is 0. The molecule has 11 heteroatoms. The first-order chi connectivity index (χ1) is 24.8. The summed E-state index contributed by atoms with van der Waals surface area (Å²) in [5.74, 6) is -5.78. The smallest absolute Gasteiger partial charge is 0.309 e. The lowest BCUT2D eigenvalue weighted by Crippen LogP contribution is -2.63. The molecule has 4 fully saturated rings. The van der Waals surface area contributed by atoms with Crippen molar-refractivity contribution in [2.24, 2.45) is 41.4 Å². The number of aliphatic hydroxyl groups excluding tert-OH is 2. The van der Waals surface area contributed by atoms with E-state index in [2.05, 4.69) is 20.8 Å². The SMILES string of the molecule is CC[C@@H](C(=O)[C@@H](C)[C@@H](O)[C@H](C)[C@@H]1O[C@@H]([C@@H](CC)C(=O)O)CC[C@@H]1C)[C@H]1O[C@]2(C=C[C@H](O)[C@]3(CC[C@@](C)([C@H]4CC[C@](O)(CC)[C@H](C)O4)O3)O2)[C@H](C)C[C@@H]1C. The van der Waals surface area contributed by atoms with Crippen LogP contribution in [-0.2, 0) is 33.3 Å². The van der Waals surface area contributed by atoms with Gasteiger partial charge in [0.2, 0.25) is 5.79 Å². The van der Waals surface area contributed by atoms with Crippen molar-refractivity contribution in [2.45, 2.75) is 199 Å². The Labute approximate surface area is 317 Å². The van der Waals surface area contributed by atoms with Crippen molar-refractivity contribution in [3.8, 4) is 0 Å². The molecule has 5 aliphatic heterocycles. The zero-order valence-corrected chi connectivity index (χ0v) is 34.0. The number of aliphatic carboxylic acids is 1. The minimum absolute atomic E-state index is 0.0137. The Morgan fingerprint density at radius 1 is 0.887 bits per heavy atom. The highest BCUT2D eigenvalue weighted by molar-refractivity contribution is 5.84. The number of hydrogen-bond acceptors (Lipinski definition) is 10. The van der Waals surface area contributed by atoms with E-state index < -0.39 is 76.8 Å². The van der Waals surface area contributed by atoms with Gasteiger partial charge in [-0.1, -0.05) is 55.4 Å². The van der Waals surface area contributed by atoms with Gasteiger partial charge in [-0.2, -0.15) is 0 Å². The fourth-order valence-corrected chi connectivity index (χ4v) is 10.5. The lowest BCUT2D eigenvalue weighted by molar-refractivity contribution is -0.409. The third-order valence-electron chi connectivity index (χ3n) is 14.4. The first-order valence-electron chi connectivity index (χ1n) is 20.7. The summed E-state index contributed by atoms with van der Waals surface area (Å²) in [6, 6.07) is 0. The van der Waals surface area contributed by atoms with Crippen LogP contribution in [0.3, 0.4) is 0 Å². The van der Waals surface area contributed by atoms with Crippen molar-refractivity contribution >= 4 is 11.8 Å². The van der Waals surface area contributed by atoms with E-state index in [0.717, 1.165) is 6.42 Å². The Kier molecular flexibility index (Phi) is 13.0. The number of ketones is 1. The maximum Gasteiger partial charge on any atom is 0.309 e.